The predicted octanol–water partition coefficient (Wildman–Crippen LogP) is 7.14. The third-order valence-electron chi connectivity index (χ3n) is 8.19. The molecular weight excluding hydrogens is 649 g/mol. The molecule has 3 aromatic rings. The van der Waals surface area contributed by atoms with E-state index in [0.29, 0.717) is 39.8 Å². The average molecular weight is 695 g/mol. The lowest BCUT2D eigenvalue weighted by molar-refractivity contribution is -0.142. The van der Waals surface area contributed by atoms with Gasteiger partial charge in [0.05, 0.1) is 12.0 Å². The number of rotatable bonds is 16. The minimum absolute atomic E-state index is 0.148. The highest BCUT2D eigenvalue weighted by molar-refractivity contribution is 8.23. The van der Waals surface area contributed by atoms with E-state index >= 15 is 0 Å². The van der Waals surface area contributed by atoms with Gasteiger partial charge in [-0.1, -0.05) is 81.0 Å². The molecule has 48 heavy (non-hydrogen) atoms. The number of aliphatic carboxylic acids is 1. The highest BCUT2D eigenvalue weighted by atomic mass is 32.2. The van der Waals surface area contributed by atoms with Crippen molar-refractivity contribution in [2.75, 3.05) is 27.8 Å². The molecule has 2 aromatic carbocycles. The molecule has 1 saturated carbocycles. The van der Waals surface area contributed by atoms with E-state index in [0.717, 1.165) is 35.2 Å². The first-order chi connectivity index (χ1) is 23.1. The number of allylic oxidation sites excluding steroid dienone is 1. The SMILES string of the molecule is CCCC1CC(C)C(N(C)C)C1.COc1cc(OCC(=O)NC(Cc2ccccc2)C(=O)O)cc(-c2ccc(/C=C(/C=O)SC=S)o2)c1. The van der Waals surface area contributed by atoms with Crippen molar-refractivity contribution < 1.29 is 33.4 Å². The van der Waals surface area contributed by atoms with Crippen LogP contribution in [0.4, 0.5) is 0 Å². The van der Waals surface area contributed by atoms with E-state index < -0.39 is 24.5 Å². The van der Waals surface area contributed by atoms with Crippen LogP contribution in [0.5, 0.6) is 11.5 Å². The first-order valence-corrected chi connectivity index (χ1v) is 17.3. The van der Waals surface area contributed by atoms with E-state index in [4.69, 9.17) is 26.1 Å². The van der Waals surface area contributed by atoms with Crippen molar-refractivity contribution in [2.45, 2.75) is 58.0 Å². The standard InChI is InChI=1S/C26H23NO7S2.C11H23N/c1-32-20-10-18(24-8-7-19(34-24)13-22(14-28)36-16-35)11-21(12-20)33-15-25(29)27-23(26(30)31)9-17-5-3-2-4-6-17;1-5-6-10-7-9(2)11(8-10)12(3)4/h2-8,10-14,16,23H,9,15H2,1H3,(H,27,29)(H,30,31);9-11H,5-8H2,1-4H3/b22-13-;. The van der Waals surface area contributed by atoms with Crippen LogP contribution in [0.2, 0.25) is 0 Å². The van der Waals surface area contributed by atoms with Crippen molar-refractivity contribution in [1.29, 1.82) is 0 Å². The largest absolute Gasteiger partial charge is 0.497 e. The van der Waals surface area contributed by atoms with Crippen LogP contribution < -0.4 is 14.8 Å². The summed E-state index contributed by atoms with van der Waals surface area (Å²) in [6.45, 7) is 4.31. The van der Waals surface area contributed by atoms with Gasteiger partial charge in [0.1, 0.15) is 29.1 Å². The minimum Gasteiger partial charge on any atom is -0.497 e. The molecule has 1 heterocycles. The molecule has 0 saturated heterocycles. The molecule has 4 atom stereocenters. The highest BCUT2D eigenvalue weighted by Crippen LogP contribution is 2.36. The molecule has 0 bridgehead atoms. The van der Waals surface area contributed by atoms with Gasteiger partial charge in [-0.2, -0.15) is 0 Å². The normalized spacial score (nSPS) is 18.0. The molecule has 1 aliphatic carbocycles. The molecule has 0 spiro atoms. The highest BCUT2D eigenvalue weighted by Gasteiger charge is 2.31. The fourth-order valence-corrected chi connectivity index (χ4v) is 6.63. The third kappa shape index (κ3) is 12.3. The number of benzene rings is 2. The number of nitrogens with zero attached hydrogens (tertiary/aromatic N) is 1. The van der Waals surface area contributed by atoms with Gasteiger partial charge in [-0.05, 0) is 74.7 Å². The van der Waals surface area contributed by atoms with Gasteiger partial charge in [-0.15, -0.1) is 0 Å². The Hall–Kier alpha value is -3.93. The van der Waals surface area contributed by atoms with E-state index in [1.54, 1.807) is 60.7 Å². The Balaban J connectivity index is 0.000000437. The molecule has 4 unspecified atom stereocenters. The van der Waals surface area contributed by atoms with Gasteiger partial charge in [0.25, 0.3) is 5.91 Å². The topological polar surface area (TPSA) is 118 Å². The Morgan fingerprint density at radius 2 is 1.85 bits per heavy atom. The van der Waals surface area contributed by atoms with Crippen LogP contribution in [0.25, 0.3) is 17.4 Å². The van der Waals surface area contributed by atoms with Crippen LogP contribution in [0.1, 0.15) is 50.9 Å². The number of carboxylic acids is 1. The predicted molar refractivity (Wildman–Crippen MR) is 195 cm³/mol. The van der Waals surface area contributed by atoms with Crippen molar-refractivity contribution in [2.24, 2.45) is 11.8 Å². The molecule has 2 N–H and O–H groups in total. The molecule has 4 rings (SSSR count). The molecule has 11 heteroatoms. The van der Waals surface area contributed by atoms with Crippen molar-refractivity contribution in [3.05, 3.63) is 76.9 Å². The van der Waals surface area contributed by atoms with Gasteiger partial charge in [0.2, 0.25) is 0 Å². The van der Waals surface area contributed by atoms with Crippen LogP contribution in [-0.4, -0.2) is 72.8 Å². The number of carbonyl (C=O) groups is 3. The molecular formula is C37H46N2O7S2. The van der Waals surface area contributed by atoms with E-state index in [1.165, 1.54) is 37.5 Å². The van der Waals surface area contributed by atoms with Gasteiger partial charge in [0.15, 0.2) is 12.9 Å². The summed E-state index contributed by atoms with van der Waals surface area (Å²) in [5.41, 5.74) is 1.41. The first kappa shape index (κ1) is 38.5. The van der Waals surface area contributed by atoms with Crippen LogP contribution in [-0.2, 0) is 20.8 Å². The number of ether oxygens (including phenoxy) is 2. The van der Waals surface area contributed by atoms with Crippen LogP contribution in [0, 0.1) is 11.8 Å². The maximum atomic E-state index is 12.4. The average Bonchev–Trinajstić information content (AvgIpc) is 3.70. The Labute approximate surface area is 293 Å². The number of nitrogens with one attached hydrogen (secondary N) is 1. The lowest BCUT2D eigenvalue weighted by atomic mass is 10.0. The van der Waals surface area contributed by atoms with E-state index in [1.807, 2.05) is 6.07 Å². The molecule has 258 valence electrons. The van der Waals surface area contributed by atoms with Gasteiger partial charge in [-0.25, -0.2) is 4.79 Å². The summed E-state index contributed by atoms with van der Waals surface area (Å²) >= 11 is 5.87. The zero-order chi connectivity index (χ0) is 35.1. The van der Waals surface area contributed by atoms with Crippen LogP contribution in [0.3, 0.4) is 0 Å². The summed E-state index contributed by atoms with van der Waals surface area (Å²) in [7, 11) is 5.93. The number of carboxylic acid groups (broad SMARTS) is 1. The third-order valence-corrected chi connectivity index (χ3v) is 9.07. The Morgan fingerprint density at radius 3 is 2.46 bits per heavy atom. The number of methoxy groups -OCH3 is 1. The molecule has 0 radical (unpaired) electrons. The van der Waals surface area contributed by atoms with Gasteiger partial charge >= 0.3 is 5.97 Å². The second-order valence-corrected chi connectivity index (χ2v) is 13.5. The van der Waals surface area contributed by atoms with Crippen molar-refractivity contribution in [3.8, 4) is 22.8 Å². The lowest BCUT2D eigenvalue weighted by Gasteiger charge is -2.23. The monoisotopic (exact) mass is 694 g/mol. The molecule has 1 aromatic heterocycles. The van der Waals surface area contributed by atoms with Crippen molar-refractivity contribution in [1.82, 2.24) is 10.2 Å². The first-order valence-electron chi connectivity index (χ1n) is 16.0. The summed E-state index contributed by atoms with van der Waals surface area (Å²) in [5.74, 6) is 1.95. The van der Waals surface area contributed by atoms with Crippen LogP contribution >= 0.6 is 24.0 Å². The van der Waals surface area contributed by atoms with E-state index in [-0.39, 0.29) is 6.42 Å². The number of hydrogen-bond donors (Lipinski definition) is 2. The molecule has 9 nitrogen and oxygen atoms in total. The summed E-state index contributed by atoms with van der Waals surface area (Å²) in [6.07, 6.45) is 8.09. The number of thioether (sulfide) groups is 1. The fraction of sp³-hybridized carbons (Fsp3) is 0.405. The number of thiocarbonyl (C=S) groups is 1. The minimum atomic E-state index is -1.14. The second-order valence-electron chi connectivity index (χ2n) is 12.0. The number of hydrogen-bond acceptors (Lipinski definition) is 9. The molecule has 1 amide bonds. The zero-order valence-electron chi connectivity index (χ0n) is 28.2. The van der Waals surface area contributed by atoms with Gasteiger partial charge in [0, 0.05) is 28.8 Å². The maximum Gasteiger partial charge on any atom is 0.326 e. The van der Waals surface area contributed by atoms with Crippen molar-refractivity contribution >= 4 is 52.9 Å². The zero-order valence-corrected chi connectivity index (χ0v) is 29.9. The second kappa shape index (κ2) is 19.8. The van der Waals surface area contributed by atoms with Crippen LogP contribution in [0.15, 0.2) is 70.0 Å². The number of carbonyl (C=O) groups excluding carboxylic acids is 2. The van der Waals surface area contributed by atoms with E-state index in [9.17, 15) is 19.5 Å². The number of aldehydes is 1. The maximum absolute atomic E-state index is 12.4. The molecule has 1 fully saturated rings. The fourth-order valence-electron chi connectivity index (χ4n) is 5.94. The number of furan rings is 1. The van der Waals surface area contributed by atoms with Gasteiger partial charge in [-0.3, -0.25) is 9.59 Å². The summed E-state index contributed by atoms with van der Waals surface area (Å²) in [6, 6.07) is 17.2. The molecule has 1 aliphatic rings. The Morgan fingerprint density at radius 1 is 1.12 bits per heavy atom. The number of amides is 1. The van der Waals surface area contributed by atoms with Gasteiger partial charge < -0.3 is 29.2 Å². The summed E-state index contributed by atoms with van der Waals surface area (Å²) in [5, 5.41) is 12.0. The van der Waals surface area contributed by atoms with Crippen molar-refractivity contribution in [3.63, 3.8) is 0 Å². The quantitative estimate of drug-likeness (QED) is 0.0910. The smallest absolute Gasteiger partial charge is 0.326 e. The van der Waals surface area contributed by atoms with E-state index in [2.05, 4.69) is 38.2 Å². The Bertz CT molecular complexity index is 1520. The lowest BCUT2D eigenvalue weighted by Crippen LogP contribution is -2.44. The Kier molecular flexibility index (Phi) is 15.9. The summed E-state index contributed by atoms with van der Waals surface area (Å²) < 4.78 is 18.1. The summed E-state index contributed by atoms with van der Waals surface area (Å²) in [4.78, 5) is 38.0. The molecule has 0 aliphatic heterocycles.